The van der Waals surface area contributed by atoms with Gasteiger partial charge in [0, 0.05) is 25.5 Å². The molecule has 2 aromatic heterocycles. The average molecular weight is 273 g/mol. The summed E-state index contributed by atoms with van der Waals surface area (Å²) < 4.78 is 5.70. The van der Waals surface area contributed by atoms with Crippen molar-refractivity contribution in [1.82, 2.24) is 25.1 Å². The van der Waals surface area contributed by atoms with E-state index in [9.17, 15) is 4.79 Å². The van der Waals surface area contributed by atoms with Crippen LogP contribution in [0.2, 0.25) is 0 Å². The topological polar surface area (TPSA) is 85.0 Å². The van der Waals surface area contributed by atoms with Crippen molar-refractivity contribution in [3.63, 3.8) is 0 Å². The van der Waals surface area contributed by atoms with Crippen LogP contribution < -0.4 is 0 Å². The summed E-state index contributed by atoms with van der Waals surface area (Å²) >= 11 is 0. The molecule has 0 N–H and O–H groups in total. The molecule has 1 atom stereocenters. The zero-order valence-electron chi connectivity index (χ0n) is 11.2. The van der Waals surface area contributed by atoms with Gasteiger partial charge in [-0.15, -0.1) is 10.2 Å². The minimum absolute atomic E-state index is 0.113. The van der Waals surface area contributed by atoms with E-state index in [1.807, 2.05) is 6.92 Å². The third kappa shape index (κ3) is 2.52. The lowest BCUT2D eigenvalue weighted by Gasteiger charge is -2.27. The van der Waals surface area contributed by atoms with Gasteiger partial charge >= 0.3 is 0 Å². The highest BCUT2D eigenvalue weighted by atomic mass is 16.4. The largest absolute Gasteiger partial charge is 0.420 e. The number of aryl methyl sites for hydroxylation is 1. The first-order valence-corrected chi connectivity index (χ1v) is 6.58. The highest BCUT2D eigenvalue weighted by Crippen LogP contribution is 2.27. The quantitative estimate of drug-likeness (QED) is 0.780. The lowest BCUT2D eigenvalue weighted by atomic mass is 9.99. The molecule has 104 valence electrons. The van der Waals surface area contributed by atoms with Crippen LogP contribution in [0, 0.1) is 6.92 Å². The fourth-order valence-corrected chi connectivity index (χ4v) is 2.32. The number of aromatic nitrogens is 4. The molecule has 1 saturated heterocycles. The maximum Gasteiger partial charge on any atom is 0.250 e. The summed E-state index contributed by atoms with van der Waals surface area (Å²) in [6.07, 6.45) is 6.11. The highest BCUT2D eigenvalue weighted by molar-refractivity contribution is 5.49. The number of nitrogens with zero attached hydrogens (tertiary/aromatic N) is 5. The molecule has 3 rings (SSSR count). The van der Waals surface area contributed by atoms with E-state index in [0.717, 1.165) is 25.8 Å². The van der Waals surface area contributed by atoms with Crippen LogP contribution in [0.1, 0.15) is 30.5 Å². The maximum atomic E-state index is 10.8. The summed E-state index contributed by atoms with van der Waals surface area (Å²) in [6, 6.07) is 0. The summed E-state index contributed by atoms with van der Waals surface area (Å²) in [5.41, 5.74) is 0.706. The lowest BCUT2D eigenvalue weighted by Crippen LogP contribution is -2.33. The first-order chi connectivity index (χ1) is 9.76. The Morgan fingerprint density at radius 2 is 2.15 bits per heavy atom. The van der Waals surface area contributed by atoms with Gasteiger partial charge in [0.15, 0.2) is 0 Å². The van der Waals surface area contributed by atoms with E-state index in [0.29, 0.717) is 29.7 Å². The van der Waals surface area contributed by atoms with Crippen molar-refractivity contribution in [2.75, 3.05) is 13.1 Å². The van der Waals surface area contributed by atoms with Gasteiger partial charge in [0.1, 0.15) is 5.82 Å². The van der Waals surface area contributed by atoms with Crippen molar-refractivity contribution >= 4 is 6.41 Å². The van der Waals surface area contributed by atoms with Crippen LogP contribution in [0.25, 0.3) is 11.5 Å². The summed E-state index contributed by atoms with van der Waals surface area (Å²) in [5, 5.41) is 8.13. The van der Waals surface area contributed by atoms with E-state index in [-0.39, 0.29) is 5.92 Å². The number of hydrogen-bond acceptors (Lipinski definition) is 6. The zero-order chi connectivity index (χ0) is 13.9. The molecular formula is C13H15N5O2. The smallest absolute Gasteiger partial charge is 0.250 e. The van der Waals surface area contributed by atoms with Gasteiger partial charge in [-0.25, -0.2) is 9.97 Å². The van der Waals surface area contributed by atoms with E-state index in [2.05, 4.69) is 20.2 Å². The number of carbonyl (C=O) groups excluding carboxylic acids is 1. The number of piperidine rings is 1. The van der Waals surface area contributed by atoms with E-state index in [4.69, 9.17) is 4.42 Å². The second-order valence-electron chi connectivity index (χ2n) is 4.90. The van der Waals surface area contributed by atoms with Gasteiger partial charge in [0.05, 0.1) is 11.5 Å². The second kappa shape index (κ2) is 5.36. The number of likely N-dealkylation sites (tertiary alicyclic amines) is 1. The molecule has 0 saturated carbocycles. The van der Waals surface area contributed by atoms with Gasteiger partial charge in [0.2, 0.25) is 12.3 Å². The molecule has 1 amide bonds. The van der Waals surface area contributed by atoms with Crippen molar-refractivity contribution in [3.8, 4) is 11.5 Å². The van der Waals surface area contributed by atoms with Crippen molar-refractivity contribution in [2.24, 2.45) is 0 Å². The molecule has 2 aromatic rings. The Bertz CT molecular complexity index is 595. The fourth-order valence-electron chi connectivity index (χ4n) is 2.32. The van der Waals surface area contributed by atoms with E-state index in [1.165, 1.54) is 0 Å². The van der Waals surface area contributed by atoms with E-state index < -0.39 is 0 Å². The Morgan fingerprint density at radius 1 is 1.35 bits per heavy atom. The van der Waals surface area contributed by atoms with Crippen LogP contribution in [0.5, 0.6) is 0 Å². The van der Waals surface area contributed by atoms with E-state index in [1.54, 1.807) is 17.3 Å². The predicted octanol–water partition coefficient (Wildman–Crippen LogP) is 1.17. The minimum Gasteiger partial charge on any atom is -0.420 e. The normalized spacial score (nSPS) is 19.1. The zero-order valence-corrected chi connectivity index (χ0v) is 11.2. The lowest BCUT2D eigenvalue weighted by molar-refractivity contribution is -0.119. The van der Waals surface area contributed by atoms with Crippen LogP contribution >= 0.6 is 0 Å². The molecule has 7 nitrogen and oxygen atoms in total. The molecule has 20 heavy (non-hydrogen) atoms. The van der Waals surface area contributed by atoms with Crippen molar-refractivity contribution in [2.45, 2.75) is 25.7 Å². The Kier molecular flexibility index (Phi) is 3.41. The average Bonchev–Trinajstić information content (AvgIpc) is 2.98. The number of hydrogen-bond donors (Lipinski definition) is 0. The monoisotopic (exact) mass is 273 g/mol. The summed E-state index contributed by atoms with van der Waals surface area (Å²) in [4.78, 5) is 20.8. The Morgan fingerprint density at radius 3 is 2.90 bits per heavy atom. The minimum atomic E-state index is 0.113. The fraction of sp³-hybridized carbons (Fsp3) is 0.462. The van der Waals surface area contributed by atoms with Crippen LogP contribution in [-0.4, -0.2) is 44.6 Å². The van der Waals surface area contributed by atoms with E-state index >= 15 is 0 Å². The summed E-state index contributed by atoms with van der Waals surface area (Å²) in [7, 11) is 0. The number of carbonyl (C=O) groups is 1. The molecule has 0 spiro atoms. The third-order valence-corrected chi connectivity index (χ3v) is 3.42. The summed E-state index contributed by atoms with van der Waals surface area (Å²) in [5.74, 6) is 1.80. The van der Waals surface area contributed by atoms with Gasteiger partial charge in [0.25, 0.3) is 5.89 Å². The molecule has 1 aliphatic heterocycles. The van der Waals surface area contributed by atoms with Gasteiger partial charge in [-0.2, -0.15) is 0 Å². The molecule has 0 aromatic carbocycles. The molecule has 0 bridgehead atoms. The molecule has 0 aliphatic carbocycles. The van der Waals surface area contributed by atoms with Gasteiger partial charge in [-0.05, 0) is 19.8 Å². The van der Waals surface area contributed by atoms with Crippen LogP contribution in [-0.2, 0) is 4.79 Å². The second-order valence-corrected chi connectivity index (χ2v) is 4.90. The van der Waals surface area contributed by atoms with Crippen LogP contribution in [0.15, 0.2) is 16.8 Å². The van der Waals surface area contributed by atoms with Crippen LogP contribution in [0.4, 0.5) is 0 Å². The first kappa shape index (κ1) is 12.7. The number of amides is 1. The van der Waals surface area contributed by atoms with Gasteiger partial charge < -0.3 is 9.32 Å². The van der Waals surface area contributed by atoms with Crippen molar-refractivity contribution in [3.05, 3.63) is 24.1 Å². The molecule has 7 heteroatoms. The number of rotatable bonds is 3. The molecule has 0 unspecified atom stereocenters. The molecule has 1 aliphatic rings. The van der Waals surface area contributed by atoms with Crippen molar-refractivity contribution < 1.29 is 9.21 Å². The third-order valence-electron chi connectivity index (χ3n) is 3.42. The highest BCUT2D eigenvalue weighted by Gasteiger charge is 2.25. The van der Waals surface area contributed by atoms with Gasteiger partial charge in [-0.3, -0.25) is 4.79 Å². The predicted molar refractivity (Wildman–Crippen MR) is 69.7 cm³/mol. The molecular weight excluding hydrogens is 258 g/mol. The molecule has 0 radical (unpaired) electrons. The Labute approximate surface area is 116 Å². The molecule has 3 heterocycles. The van der Waals surface area contributed by atoms with Gasteiger partial charge in [-0.1, -0.05) is 0 Å². The Hall–Kier alpha value is -2.31. The SMILES string of the molecule is Cc1ncc(-c2nnc([C@H]3CCCN(C=O)C3)o2)cn1. The maximum absolute atomic E-state index is 10.8. The van der Waals surface area contributed by atoms with Crippen molar-refractivity contribution in [1.29, 1.82) is 0 Å². The van der Waals surface area contributed by atoms with Crippen LogP contribution in [0.3, 0.4) is 0 Å². The standard InChI is InChI=1S/C13H15N5O2/c1-9-14-5-11(6-15-9)13-17-16-12(20-13)10-3-2-4-18(7-10)8-19/h5-6,8,10H,2-4,7H2,1H3/t10-/m0/s1. The Balaban J connectivity index is 1.79. The summed E-state index contributed by atoms with van der Waals surface area (Å²) in [6.45, 7) is 3.25. The molecule has 1 fully saturated rings. The first-order valence-electron chi connectivity index (χ1n) is 6.58.